The van der Waals surface area contributed by atoms with Crippen LogP contribution in [0.25, 0.3) is 0 Å². The molecule has 0 saturated carbocycles. The fourth-order valence-electron chi connectivity index (χ4n) is 1.02. The van der Waals surface area contributed by atoms with E-state index in [0.717, 1.165) is 0 Å². The molecule has 1 atom stereocenters. The van der Waals surface area contributed by atoms with Crippen molar-refractivity contribution >= 4 is 17.5 Å². The van der Waals surface area contributed by atoms with Gasteiger partial charge in [-0.15, -0.1) is 0 Å². The van der Waals surface area contributed by atoms with Gasteiger partial charge in [0.2, 0.25) is 5.91 Å². The molecule has 0 rings (SSSR count). The molecular formula is C9H15NO3. The van der Waals surface area contributed by atoms with E-state index in [1.807, 2.05) is 0 Å². The Morgan fingerprint density at radius 1 is 1.23 bits per heavy atom. The highest BCUT2D eigenvalue weighted by Gasteiger charge is 2.17. The van der Waals surface area contributed by atoms with Gasteiger partial charge < -0.3 is 5.32 Å². The van der Waals surface area contributed by atoms with Gasteiger partial charge in [-0.25, -0.2) is 0 Å². The van der Waals surface area contributed by atoms with E-state index in [1.165, 1.54) is 13.8 Å². The minimum Gasteiger partial charge on any atom is -0.347 e. The summed E-state index contributed by atoms with van der Waals surface area (Å²) in [6.45, 7) is 4.50. The summed E-state index contributed by atoms with van der Waals surface area (Å²) in [5.41, 5.74) is 0. The zero-order valence-electron chi connectivity index (χ0n) is 8.22. The van der Waals surface area contributed by atoms with Crippen LogP contribution < -0.4 is 5.32 Å². The Labute approximate surface area is 77.7 Å². The fourth-order valence-corrected chi connectivity index (χ4v) is 1.02. The number of carbonyl (C=O) groups is 3. The maximum Gasteiger partial charge on any atom is 0.217 e. The van der Waals surface area contributed by atoms with E-state index in [1.54, 1.807) is 6.92 Å². The number of nitrogens with one attached hydrogen (secondary N) is 1. The SMILES string of the molecule is CCC(NC(C)=O)C(=O)CC(C)=O. The van der Waals surface area contributed by atoms with E-state index < -0.39 is 6.04 Å². The minimum atomic E-state index is -0.513. The monoisotopic (exact) mass is 185 g/mol. The van der Waals surface area contributed by atoms with Crippen LogP contribution in [0, 0.1) is 0 Å². The Morgan fingerprint density at radius 3 is 2.08 bits per heavy atom. The second kappa shape index (κ2) is 5.45. The Bertz CT molecular complexity index is 223. The van der Waals surface area contributed by atoms with Gasteiger partial charge in [0.15, 0.2) is 5.78 Å². The summed E-state index contributed by atoms with van der Waals surface area (Å²) in [7, 11) is 0. The highest BCUT2D eigenvalue weighted by atomic mass is 16.2. The quantitative estimate of drug-likeness (QED) is 0.632. The first-order chi connectivity index (χ1) is 5.97. The Balaban J connectivity index is 4.15. The topological polar surface area (TPSA) is 63.2 Å². The predicted molar refractivity (Wildman–Crippen MR) is 48.2 cm³/mol. The Hall–Kier alpha value is -1.19. The lowest BCUT2D eigenvalue weighted by atomic mass is 10.1. The number of rotatable bonds is 5. The summed E-state index contributed by atoms with van der Waals surface area (Å²) < 4.78 is 0. The summed E-state index contributed by atoms with van der Waals surface area (Å²) in [6, 6.07) is -0.513. The first kappa shape index (κ1) is 11.8. The lowest BCUT2D eigenvalue weighted by Crippen LogP contribution is -2.39. The predicted octanol–water partition coefficient (Wildman–Crippen LogP) is 0.449. The van der Waals surface area contributed by atoms with Crippen molar-refractivity contribution in [3.05, 3.63) is 0 Å². The van der Waals surface area contributed by atoms with Gasteiger partial charge in [0.05, 0.1) is 12.5 Å². The first-order valence-corrected chi connectivity index (χ1v) is 4.26. The number of carbonyl (C=O) groups excluding carboxylic acids is 3. The van der Waals surface area contributed by atoms with E-state index >= 15 is 0 Å². The molecule has 4 nitrogen and oxygen atoms in total. The smallest absolute Gasteiger partial charge is 0.217 e. The average Bonchev–Trinajstić information content (AvgIpc) is 1.98. The molecule has 1 N–H and O–H groups in total. The second-order valence-corrected chi connectivity index (χ2v) is 3.01. The van der Waals surface area contributed by atoms with Crippen LogP contribution in [-0.4, -0.2) is 23.5 Å². The van der Waals surface area contributed by atoms with Gasteiger partial charge in [-0.3, -0.25) is 14.4 Å². The van der Waals surface area contributed by atoms with Gasteiger partial charge in [0, 0.05) is 6.92 Å². The maximum absolute atomic E-state index is 11.3. The van der Waals surface area contributed by atoms with Crippen LogP contribution in [0.3, 0.4) is 0 Å². The molecule has 0 saturated heterocycles. The van der Waals surface area contributed by atoms with Crippen molar-refractivity contribution < 1.29 is 14.4 Å². The van der Waals surface area contributed by atoms with Crippen molar-refractivity contribution in [2.24, 2.45) is 0 Å². The van der Waals surface area contributed by atoms with Gasteiger partial charge in [0.1, 0.15) is 5.78 Å². The number of ketones is 2. The molecule has 0 aliphatic heterocycles. The third-order valence-corrected chi connectivity index (χ3v) is 1.60. The molecule has 0 heterocycles. The van der Waals surface area contributed by atoms with Gasteiger partial charge in [-0.2, -0.15) is 0 Å². The molecule has 0 aliphatic rings. The number of amides is 1. The van der Waals surface area contributed by atoms with Crippen molar-refractivity contribution in [3.8, 4) is 0 Å². The summed E-state index contributed by atoms with van der Waals surface area (Å²) in [5, 5.41) is 2.49. The molecule has 0 spiro atoms. The lowest BCUT2D eigenvalue weighted by molar-refractivity contribution is -0.130. The van der Waals surface area contributed by atoms with Gasteiger partial charge >= 0.3 is 0 Å². The summed E-state index contributed by atoms with van der Waals surface area (Å²) in [4.78, 5) is 32.6. The summed E-state index contributed by atoms with van der Waals surface area (Å²) >= 11 is 0. The van der Waals surface area contributed by atoms with Crippen LogP contribution in [0.15, 0.2) is 0 Å². The largest absolute Gasteiger partial charge is 0.347 e. The molecule has 0 aromatic rings. The molecular weight excluding hydrogens is 170 g/mol. The molecule has 0 radical (unpaired) electrons. The summed E-state index contributed by atoms with van der Waals surface area (Å²) in [6.07, 6.45) is 0.421. The highest BCUT2D eigenvalue weighted by Crippen LogP contribution is 1.97. The first-order valence-electron chi connectivity index (χ1n) is 4.26. The molecule has 0 aromatic heterocycles. The van der Waals surface area contributed by atoms with E-state index in [4.69, 9.17) is 0 Å². The van der Waals surface area contributed by atoms with Crippen LogP contribution in [0.5, 0.6) is 0 Å². The van der Waals surface area contributed by atoms with Crippen LogP contribution in [-0.2, 0) is 14.4 Å². The maximum atomic E-state index is 11.3. The zero-order chi connectivity index (χ0) is 10.4. The normalized spacial score (nSPS) is 11.9. The average molecular weight is 185 g/mol. The lowest BCUT2D eigenvalue weighted by Gasteiger charge is -2.13. The van der Waals surface area contributed by atoms with Crippen molar-refractivity contribution in [3.63, 3.8) is 0 Å². The van der Waals surface area contributed by atoms with Crippen molar-refractivity contribution in [2.75, 3.05) is 0 Å². The Morgan fingerprint density at radius 2 is 1.77 bits per heavy atom. The van der Waals surface area contributed by atoms with E-state index in [0.29, 0.717) is 6.42 Å². The summed E-state index contributed by atoms with van der Waals surface area (Å²) in [5.74, 6) is -0.636. The van der Waals surface area contributed by atoms with Crippen molar-refractivity contribution in [1.29, 1.82) is 0 Å². The molecule has 1 unspecified atom stereocenters. The van der Waals surface area contributed by atoms with Gasteiger partial charge in [-0.1, -0.05) is 6.92 Å². The molecule has 74 valence electrons. The van der Waals surface area contributed by atoms with E-state index in [-0.39, 0.29) is 23.9 Å². The van der Waals surface area contributed by atoms with Gasteiger partial charge in [0.25, 0.3) is 0 Å². The highest BCUT2D eigenvalue weighted by molar-refractivity contribution is 6.01. The zero-order valence-corrected chi connectivity index (χ0v) is 8.22. The minimum absolute atomic E-state index is 0.0984. The molecule has 4 heteroatoms. The molecule has 0 bridgehead atoms. The van der Waals surface area contributed by atoms with Gasteiger partial charge in [-0.05, 0) is 13.3 Å². The van der Waals surface area contributed by atoms with Crippen molar-refractivity contribution in [1.82, 2.24) is 5.32 Å². The molecule has 0 aliphatic carbocycles. The van der Waals surface area contributed by atoms with E-state index in [2.05, 4.69) is 5.32 Å². The third-order valence-electron chi connectivity index (χ3n) is 1.60. The number of hydrogen-bond donors (Lipinski definition) is 1. The standard InChI is InChI=1S/C9H15NO3/c1-4-8(10-7(3)12)9(13)5-6(2)11/h8H,4-5H2,1-3H3,(H,10,12). The van der Waals surface area contributed by atoms with Crippen LogP contribution >= 0.6 is 0 Å². The van der Waals surface area contributed by atoms with Crippen LogP contribution in [0.4, 0.5) is 0 Å². The van der Waals surface area contributed by atoms with Crippen LogP contribution in [0.1, 0.15) is 33.6 Å². The number of hydrogen-bond acceptors (Lipinski definition) is 3. The molecule has 0 fully saturated rings. The van der Waals surface area contributed by atoms with Crippen molar-refractivity contribution in [2.45, 2.75) is 39.7 Å². The number of Topliss-reactive ketones (excluding diaryl/α,β-unsaturated/α-hetero) is 2. The molecule has 0 aromatic carbocycles. The van der Waals surface area contributed by atoms with E-state index in [9.17, 15) is 14.4 Å². The third kappa shape index (κ3) is 5.11. The Kier molecular flexibility index (Phi) is 4.96. The van der Waals surface area contributed by atoms with Crippen LogP contribution in [0.2, 0.25) is 0 Å². The fraction of sp³-hybridized carbons (Fsp3) is 0.667. The molecule has 13 heavy (non-hydrogen) atoms. The molecule has 1 amide bonds. The second-order valence-electron chi connectivity index (χ2n) is 3.01.